The van der Waals surface area contributed by atoms with Gasteiger partial charge >= 0.3 is 6.18 Å². The number of nitrogens with zero attached hydrogens (tertiary/aromatic N) is 1. The molecule has 1 aromatic heterocycles. The predicted molar refractivity (Wildman–Crippen MR) is 77.1 cm³/mol. The third-order valence-electron chi connectivity index (χ3n) is 3.17. The number of halogens is 3. The number of aromatic nitrogens is 1. The quantitative estimate of drug-likeness (QED) is 0.860. The molecule has 1 unspecified atom stereocenters. The molecule has 1 aromatic carbocycles. The molecule has 112 valence electrons. The number of rotatable bonds is 5. The van der Waals surface area contributed by atoms with Crippen LogP contribution in [0.2, 0.25) is 0 Å². The summed E-state index contributed by atoms with van der Waals surface area (Å²) < 4.78 is 36.5. The highest BCUT2D eigenvalue weighted by atomic mass is 19.4. The zero-order chi connectivity index (χ0) is 15.3. The topological polar surface area (TPSA) is 24.9 Å². The highest BCUT2D eigenvalue weighted by Crippen LogP contribution is 2.23. The number of aryl methyl sites for hydroxylation is 1. The summed E-state index contributed by atoms with van der Waals surface area (Å²) in [4.78, 5) is 4.26. The van der Waals surface area contributed by atoms with Crippen LogP contribution in [0.25, 0.3) is 0 Å². The molecule has 2 aromatic rings. The Morgan fingerprint density at radius 1 is 1.10 bits per heavy atom. The molecule has 1 atom stereocenters. The Morgan fingerprint density at radius 2 is 1.81 bits per heavy atom. The Hall–Kier alpha value is -2.04. The zero-order valence-corrected chi connectivity index (χ0v) is 11.7. The van der Waals surface area contributed by atoms with Crippen LogP contribution in [0, 0.1) is 0 Å². The molecule has 2 rings (SSSR count). The van der Waals surface area contributed by atoms with Crippen LogP contribution in [0.15, 0.2) is 48.7 Å². The fourth-order valence-corrected chi connectivity index (χ4v) is 2.01. The van der Waals surface area contributed by atoms with Gasteiger partial charge in [-0.2, -0.15) is 13.2 Å². The van der Waals surface area contributed by atoms with Gasteiger partial charge in [0.05, 0.1) is 11.7 Å². The summed E-state index contributed by atoms with van der Waals surface area (Å²) in [5.41, 5.74) is 2.46. The highest BCUT2D eigenvalue weighted by molar-refractivity contribution is 5.46. The number of pyridine rings is 1. The molecule has 0 aliphatic heterocycles. The molecular weight excluding hydrogens is 277 g/mol. The molecule has 0 bridgehead atoms. The smallest absolute Gasteiger partial charge is 0.377 e. The van der Waals surface area contributed by atoms with Gasteiger partial charge in [-0.1, -0.05) is 18.2 Å². The lowest BCUT2D eigenvalue weighted by atomic mass is 10.1. The maximum Gasteiger partial charge on any atom is 0.389 e. The molecule has 2 nitrogen and oxygen atoms in total. The van der Waals surface area contributed by atoms with Crippen molar-refractivity contribution in [2.45, 2.75) is 32.0 Å². The van der Waals surface area contributed by atoms with Crippen molar-refractivity contribution in [3.63, 3.8) is 0 Å². The summed E-state index contributed by atoms with van der Waals surface area (Å²) in [6, 6.07) is 12.8. The molecule has 0 saturated heterocycles. The molecule has 21 heavy (non-hydrogen) atoms. The number of benzene rings is 1. The van der Waals surface area contributed by atoms with E-state index < -0.39 is 12.6 Å². The summed E-state index contributed by atoms with van der Waals surface area (Å²) in [6.07, 6.45) is -3.15. The van der Waals surface area contributed by atoms with Crippen LogP contribution in [-0.4, -0.2) is 11.2 Å². The van der Waals surface area contributed by atoms with E-state index in [1.807, 2.05) is 25.1 Å². The lowest BCUT2D eigenvalue weighted by Gasteiger charge is -2.15. The predicted octanol–water partition coefficient (Wildman–Crippen LogP) is 4.75. The first-order valence-electron chi connectivity index (χ1n) is 6.77. The first-order valence-corrected chi connectivity index (χ1v) is 6.77. The minimum absolute atomic E-state index is 0.0135. The van der Waals surface area contributed by atoms with Crippen LogP contribution in [0.4, 0.5) is 18.9 Å². The third-order valence-corrected chi connectivity index (χ3v) is 3.17. The second-order valence-corrected chi connectivity index (χ2v) is 4.93. The maximum absolute atomic E-state index is 12.2. The zero-order valence-electron chi connectivity index (χ0n) is 11.7. The summed E-state index contributed by atoms with van der Waals surface area (Å²) in [6.45, 7) is 1.99. The lowest BCUT2D eigenvalue weighted by Crippen LogP contribution is -2.09. The normalized spacial score (nSPS) is 13.0. The average Bonchev–Trinajstić information content (AvgIpc) is 2.46. The Kier molecular flexibility index (Phi) is 4.83. The largest absolute Gasteiger partial charge is 0.389 e. The molecule has 1 heterocycles. The van der Waals surface area contributed by atoms with Gasteiger partial charge < -0.3 is 5.32 Å². The van der Waals surface area contributed by atoms with E-state index in [1.54, 1.807) is 30.5 Å². The molecular formula is C16H17F3N2. The van der Waals surface area contributed by atoms with Gasteiger partial charge in [-0.25, -0.2) is 0 Å². The van der Waals surface area contributed by atoms with Crippen molar-refractivity contribution in [1.29, 1.82) is 0 Å². The molecule has 0 saturated carbocycles. The highest BCUT2D eigenvalue weighted by Gasteiger charge is 2.26. The number of alkyl halides is 3. The molecule has 0 fully saturated rings. The van der Waals surface area contributed by atoms with Gasteiger partial charge in [-0.3, -0.25) is 4.98 Å². The SMILES string of the molecule is CC(Nc1ccc(CCC(F)(F)F)cc1)c1ccccn1. The van der Waals surface area contributed by atoms with Gasteiger partial charge in [0.2, 0.25) is 0 Å². The van der Waals surface area contributed by atoms with E-state index in [0.717, 1.165) is 11.4 Å². The number of hydrogen-bond donors (Lipinski definition) is 1. The van der Waals surface area contributed by atoms with Crippen molar-refractivity contribution in [1.82, 2.24) is 4.98 Å². The summed E-state index contributed by atoms with van der Waals surface area (Å²) >= 11 is 0. The van der Waals surface area contributed by atoms with Gasteiger partial charge in [0.15, 0.2) is 0 Å². The van der Waals surface area contributed by atoms with E-state index in [-0.39, 0.29) is 12.5 Å². The molecule has 0 radical (unpaired) electrons. The molecule has 0 amide bonds. The summed E-state index contributed by atoms with van der Waals surface area (Å²) in [7, 11) is 0. The van der Waals surface area contributed by atoms with Gasteiger partial charge in [0.25, 0.3) is 0 Å². The minimum Gasteiger partial charge on any atom is -0.377 e. The standard InChI is InChI=1S/C16H17F3N2/c1-12(15-4-2-3-11-20-15)21-14-7-5-13(6-8-14)9-10-16(17,18)19/h2-8,11-12,21H,9-10H2,1H3. The third kappa shape index (κ3) is 5.10. The minimum atomic E-state index is -4.11. The van der Waals surface area contributed by atoms with Crippen LogP contribution in [0.3, 0.4) is 0 Å². The Bertz CT molecular complexity index is 550. The maximum atomic E-state index is 12.2. The second-order valence-electron chi connectivity index (χ2n) is 4.93. The van der Waals surface area contributed by atoms with E-state index in [1.165, 1.54) is 0 Å². The average molecular weight is 294 g/mol. The van der Waals surface area contributed by atoms with Crippen molar-refractivity contribution < 1.29 is 13.2 Å². The Morgan fingerprint density at radius 3 is 2.38 bits per heavy atom. The van der Waals surface area contributed by atoms with Crippen molar-refractivity contribution >= 4 is 5.69 Å². The van der Waals surface area contributed by atoms with Crippen molar-refractivity contribution in [3.8, 4) is 0 Å². The van der Waals surface area contributed by atoms with Crippen molar-refractivity contribution in [2.75, 3.05) is 5.32 Å². The molecule has 5 heteroatoms. The summed E-state index contributed by atoms with van der Waals surface area (Å²) in [5.74, 6) is 0. The number of hydrogen-bond acceptors (Lipinski definition) is 2. The van der Waals surface area contributed by atoms with Crippen LogP contribution in [0.1, 0.15) is 30.6 Å². The molecule has 0 aliphatic carbocycles. The van der Waals surface area contributed by atoms with Crippen LogP contribution in [-0.2, 0) is 6.42 Å². The van der Waals surface area contributed by atoms with Crippen molar-refractivity contribution in [3.05, 3.63) is 59.9 Å². The second kappa shape index (κ2) is 6.61. The first kappa shape index (κ1) is 15.4. The first-order chi connectivity index (χ1) is 9.94. The van der Waals surface area contributed by atoms with E-state index in [2.05, 4.69) is 10.3 Å². The van der Waals surface area contributed by atoms with E-state index in [9.17, 15) is 13.2 Å². The molecule has 0 aliphatic rings. The van der Waals surface area contributed by atoms with Gasteiger partial charge in [0, 0.05) is 18.3 Å². The van der Waals surface area contributed by atoms with Gasteiger partial charge in [-0.15, -0.1) is 0 Å². The Balaban J connectivity index is 1.93. The van der Waals surface area contributed by atoms with Crippen LogP contribution >= 0.6 is 0 Å². The number of nitrogens with one attached hydrogen (secondary N) is 1. The number of anilines is 1. The van der Waals surface area contributed by atoms with Crippen molar-refractivity contribution in [2.24, 2.45) is 0 Å². The van der Waals surface area contributed by atoms with E-state index >= 15 is 0 Å². The molecule has 1 N–H and O–H groups in total. The lowest BCUT2D eigenvalue weighted by molar-refractivity contribution is -0.133. The summed E-state index contributed by atoms with van der Waals surface area (Å²) in [5, 5.41) is 3.27. The van der Waals surface area contributed by atoms with Crippen LogP contribution in [0.5, 0.6) is 0 Å². The fraction of sp³-hybridized carbons (Fsp3) is 0.312. The van der Waals surface area contributed by atoms with Gasteiger partial charge in [-0.05, 0) is 43.2 Å². The Labute approximate surface area is 122 Å². The van der Waals surface area contributed by atoms with E-state index in [0.29, 0.717) is 5.56 Å². The fourth-order valence-electron chi connectivity index (χ4n) is 2.01. The van der Waals surface area contributed by atoms with Crippen LogP contribution < -0.4 is 5.32 Å². The van der Waals surface area contributed by atoms with Gasteiger partial charge in [0.1, 0.15) is 0 Å². The monoisotopic (exact) mass is 294 g/mol. The van der Waals surface area contributed by atoms with E-state index in [4.69, 9.17) is 0 Å². The molecule has 0 spiro atoms.